The van der Waals surface area contributed by atoms with E-state index in [1.165, 1.54) is 6.42 Å². The van der Waals surface area contributed by atoms with Gasteiger partial charge in [-0.25, -0.2) is 0 Å². The van der Waals surface area contributed by atoms with E-state index in [1.807, 2.05) is 12.2 Å². The first-order chi connectivity index (χ1) is 14.1. The summed E-state index contributed by atoms with van der Waals surface area (Å²) in [6.07, 6.45) is 6.17. The standard InChI is InChI=1S/C23H40BClO5Si/c1-21(2,3)31(7,8)29-16(13-19(26)27)10-9-11-18(25)24-28-20-17-12-15(22(17,4)5)14-23(20,6)30-24/h9-10,15-18,20H,11-14H2,1-8H3,(H,26,27)/b10-9-/t15-,16?,17+,18-,20-,23+/m1/s1. The van der Waals surface area contributed by atoms with Crippen LogP contribution in [0.2, 0.25) is 18.1 Å². The summed E-state index contributed by atoms with van der Waals surface area (Å²) in [7, 11) is -2.52. The molecule has 0 spiro atoms. The molecule has 4 aliphatic rings. The number of carboxylic acid groups (broad SMARTS) is 1. The number of halogens is 1. The predicted molar refractivity (Wildman–Crippen MR) is 128 cm³/mol. The Kier molecular flexibility index (Phi) is 6.90. The second kappa shape index (κ2) is 8.46. The lowest BCUT2D eigenvalue weighted by Gasteiger charge is -2.63. The summed E-state index contributed by atoms with van der Waals surface area (Å²) in [6.45, 7) is 17.6. The fourth-order valence-corrected chi connectivity index (χ4v) is 6.73. The first kappa shape index (κ1) is 25.3. The van der Waals surface area contributed by atoms with Crippen molar-refractivity contribution in [2.45, 2.75) is 108 Å². The SMILES string of the molecule is CC1(C)[C@@H]2C[C@H]1[C@H]1OB([C@H](Cl)C/C=C\C(CC(=O)O)O[Si](C)(C)C(C)(C)C)O[C@@]1(C)C2. The summed E-state index contributed by atoms with van der Waals surface area (Å²) in [6, 6.07) is 0. The van der Waals surface area contributed by atoms with E-state index in [0.717, 1.165) is 6.42 Å². The van der Waals surface area contributed by atoms with Crippen LogP contribution in [0.5, 0.6) is 0 Å². The number of allylic oxidation sites excluding steroid dienone is 1. The Morgan fingerprint density at radius 3 is 2.55 bits per heavy atom. The summed E-state index contributed by atoms with van der Waals surface area (Å²) >= 11 is 6.69. The average molecular weight is 471 g/mol. The quantitative estimate of drug-likeness (QED) is 0.281. The second-order valence-electron chi connectivity index (χ2n) is 12.1. The molecule has 3 aliphatic carbocycles. The smallest absolute Gasteiger partial charge is 0.477 e. The Bertz CT molecular complexity index is 721. The van der Waals surface area contributed by atoms with Gasteiger partial charge in [0.25, 0.3) is 0 Å². The van der Waals surface area contributed by atoms with E-state index in [4.69, 9.17) is 25.3 Å². The van der Waals surface area contributed by atoms with Crippen LogP contribution in [0.1, 0.15) is 67.2 Å². The molecule has 1 N–H and O–H groups in total. The average Bonchev–Trinajstić information content (AvgIpc) is 2.96. The summed E-state index contributed by atoms with van der Waals surface area (Å²) in [4.78, 5) is 11.4. The van der Waals surface area contributed by atoms with Gasteiger partial charge in [0.1, 0.15) is 0 Å². The highest BCUT2D eigenvalue weighted by Crippen LogP contribution is 2.64. The molecular formula is C23H40BClO5Si. The van der Waals surface area contributed by atoms with Gasteiger partial charge in [0.15, 0.2) is 8.32 Å². The van der Waals surface area contributed by atoms with Gasteiger partial charge in [-0.3, -0.25) is 4.79 Å². The topological polar surface area (TPSA) is 65.0 Å². The summed E-state index contributed by atoms with van der Waals surface area (Å²) < 4.78 is 19.0. The molecule has 176 valence electrons. The number of carbonyl (C=O) groups is 1. The number of hydrogen-bond acceptors (Lipinski definition) is 4. The lowest BCUT2D eigenvalue weighted by molar-refractivity contribution is -0.185. The first-order valence-corrected chi connectivity index (χ1v) is 14.9. The third-order valence-corrected chi connectivity index (χ3v) is 13.4. The van der Waals surface area contributed by atoms with Gasteiger partial charge in [-0.15, -0.1) is 11.6 Å². The lowest BCUT2D eigenvalue weighted by atomic mass is 9.45. The molecule has 0 aromatic rings. The third kappa shape index (κ3) is 4.96. The van der Waals surface area contributed by atoms with Crippen LogP contribution in [0.3, 0.4) is 0 Å². The van der Waals surface area contributed by atoms with Gasteiger partial charge in [0.2, 0.25) is 0 Å². The van der Waals surface area contributed by atoms with Gasteiger partial charge < -0.3 is 18.8 Å². The van der Waals surface area contributed by atoms with Gasteiger partial charge >= 0.3 is 13.1 Å². The molecule has 1 aliphatic heterocycles. The zero-order valence-electron chi connectivity index (χ0n) is 20.4. The Balaban J connectivity index is 1.60. The minimum atomic E-state index is -2.08. The minimum Gasteiger partial charge on any atom is -0.481 e. The van der Waals surface area contributed by atoms with Gasteiger partial charge in [-0.1, -0.05) is 46.8 Å². The highest BCUT2D eigenvalue weighted by Gasteiger charge is 2.67. The van der Waals surface area contributed by atoms with Crippen molar-refractivity contribution in [2.75, 3.05) is 0 Å². The molecule has 6 atom stereocenters. The molecule has 5 nitrogen and oxygen atoms in total. The molecule has 8 heteroatoms. The molecular weight excluding hydrogens is 431 g/mol. The van der Waals surface area contributed by atoms with Crippen molar-refractivity contribution in [1.29, 1.82) is 0 Å². The Labute approximate surface area is 194 Å². The van der Waals surface area contributed by atoms with Gasteiger partial charge in [0.05, 0.1) is 29.5 Å². The van der Waals surface area contributed by atoms with E-state index in [9.17, 15) is 9.90 Å². The maximum atomic E-state index is 11.4. The molecule has 1 heterocycles. The molecule has 4 rings (SSSR count). The maximum Gasteiger partial charge on any atom is 0.477 e. The van der Waals surface area contributed by atoms with Crippen molar-refractivity contribution in [1.82, 2.24) is 0 Å². The Morgan fingerprint density at radius 1 is 1.35 bits per heavy atom. The van der Waals surface area contributed by atoms with Crippen LogP contribution < -0.4 is 0 Å². The molecule has 1 saturated heterocycles. The van der Waals surface area contributed by atoms with Crippen molar-refractivity contribution in [3.63, 3.8) is 0 Å². The molecule has 1 unspecified atom stereocenters. The van der Waals surface area contributed by atoms with Crippen LogP contribution in [0, 0.1) is 17.3 Å². The zero-order chi connectivity index (χ0) is 23.4. The van der Waals surface area contributed by atoms with Crippen LogP contribution in [0.15, 0.2) is 12.2 Å². The van der Waals surface area contributed by atoms with E-state index >= 15 is 0 Å². The number of carboxylic acids is 1. The largest absolute Gasteiger partial charge is 0.481 e. The fourth-order valence-electron chi connectivity index (χ4n) is 5.25. The molecule has 3 saturated carbocycles. The van der Waals surface area contributed by atoms with Crippen LogP contribution in [0.25, 0.3) is 0 Å². The third-order valence-electron chi connectivity index (χ3n) is 8.47. The highest BCUT2D eigenvalue weighted by atomic mass is 35.5. The number of alkyl halides is 1. The summed E-state index contributed by atoms with van der Waals surface area (Å²) in [5, 5.41) is 9.01. The molecule has 31 heavy (non-hydrogen) atoms. The molecule has 0 radical (unpaired) electrons. The predicted octanol–water partition coefficient (Wildman–Crippen LogP) is 5.67. The first-order valence-electron chi connectivity index (χ1n) is 11.6. The Hall–Kier alpha value is -0.338. The van der Waals surface area contributed by atoms with Crippen LogP contribution >= 0.6 is 11.6 Å². The second-order valence-corrected chi connectivity index (χ2v) is 17.4. The van der Waals surface area contributed by atoms with E-state index < -0.39 is 27.5 Å². The van der Waals surface area contributed by atoms with Crippen molar-refractivity contribution >= 4 is 33.0 Å². The van der Waals surface area contributed by atoms with E-state index in [2.05, 4.69) is 54.6 Å². The van der Waals surface area contributed by atoms with Gasteiger partial charge in [-0.05, 0) is 61.6 Å². The van der Waals surface area contributed by atoms with E-state index in [0.29, 0.717) is 23.7 Å². The lowest BCUT2D eigenvalue weighted by Crippen LogP contribution is -2.63. The van der Waals surface area contributed by atoms with Crippen LogP contribution in [0.4, 0.5) is 0 Å². The Morgan fingerprint density at radius 2 is 2.00 bits per heavy atom. The molecule has 0 aromatic carbocycles. The summed E-state index contributed by atoms with van der Waals surface area (Å²) in [5.74, 6) is 0.356. The van der Waals surface area contributed by atoms with Gasteiger partial charge in [-0.2, -0.15) is 0 Å². The van der Waals surface area contributed by atoms with Crippen molar-refractivity contribution in [2.24, 2.45) is 17.3 Å². The molecule has 2 bridgehead atoms. The van der Waals surface area contributed by atoms with Crippen LogP contribution in [-0.2, 0) is 18.5 Å². The van der Waals surface area contributed by atoms with Gasteiger partial charge in [0, 0.05) is 0 Å². The van der Waals surface area contributed by atoms with Crippen molar-refractivity contribution in [3.05, 3.63) is 12.2 Å². The van der Waals surface area contributed by atoms with E-state index in [-0.39, 0.29) is 28.4 Å². The zero-order valence-corrected chi connectivity index (χ0v) is 22.2. The van der Waals surface area contributed by atoms with Crippen molar-refractivity contribution in [3.8, 4) is 0 Å². The van der Waals surface area contributed by atoms with E-state index in [1.54, 1.807) is 0 Å². The fraction of sp³-hybridized carbons (Fsp3) is 0.870. The summed E-state index contributed by atoms with van der Waals surface area (Å²) in [5.41, 5.74) is 0.0667. The maximum absolute atomic E-state index is 11.4. The monoisotopic (exact) mass is 470 g/mol. The molecule has 0 aromatic heterocycles. The molecule has 0 amide bonds. The molecule has 4 fully saturated rings. The van der Waals surface area contributed by atoms with Crippen molar-refractivity contribution < 1.29 is 23.6 Å². The normalized spacial score (nSPS) is 34.4. The van der Waals surface area contributed by atoms with Crippen LogP contribution in [-0.4, -0.2) is 49.6 Å². The number of rotatable bonds is 8. The minimum absolute atomic E-state index is 0.0122. The highest BCUT2D eigenvalue weighted by molar-refractivity contribution is 6.74. The number of aliphatic carboxylic acids is 1. The number of hydrogen-bond donors (Lipinski definition) is 1.